The number of rotatable bonds is 4. The van der Waals surface area contributed by atoms with Crippen molar-refractivity contribution in [3.63, 3.8) is 0 Å². The predicted molar refractivity (Wildman–Crippen MR) is 67.8 cm³/mol. The van der Waals surface area contributed by atoms with Crippen LogP contribution in [0.3, 0.4) is 0 Å². The minimum atomic E-state index is -0.257. The summed E-state index contributed by atoms with van der Waals surface area (Å²) in [5, 5.41) is 10.9. The highest BCUT2D eigenvalue weighted by Gasteiger charge is 2.32. The molecule has 16 heavy (non-hydrogen) atoms. The highest BCUT2D eigenvalue weighted by Crippen LogP contribution is 2.39. The van der Waals surface area contributed by atoms with Gasteiger partial charge in [-0.25, -0.2) is 0 Å². The topological polar surface area (TPSA) is 20.2 Å². The van der Waals surface area contributed by atoms with Gasteiger partial charge in [-0.1, -0.05) is 30.7 Å². The molecule has 1 aliphatic carbocycles. The summed E-state index contributed by atoms with van der Waals surface area (Å²) < 4.78 is 0. The molecule has 1 N–H and O–H groups in total. The number of benzene rings is 1. The van der Waals surface area contributed by atoms with E-state index in [1.807, 2.05) is 19.1 Å². The van der Waals surface area contributed by atoms with Gasteiger partial charge in [0.2, 0.25) is 0 Å². The summed E-state index contributed by atoms with van der Waals surface area (Å²) in [4.78, 5) is 0. The number of hydrogen-bond acceptors (Lipinski definition) is 1. The maximum atomic E-state index is 10.1. The SMILES string of the molecule is Cc1ccc(CC(O)C(C)C2CC2)c(Cl)c1. The lowest BCUT2D eigenvalue weighted by atomic mass is 9.93. The van der Waals surface area contributed by atoms with Crippen LogP contribution in [0.2, 0.25) is 5.02 Å². The fourth-order valence-corrected chi connectivity index (χ4v) is 2.48. The van der Waals surface area contributed by atoms with E-state index in [2.05, 4.69) is 13.0 Å². The minimum absolute atomic E-state index is 0.257. The Morgan fingerprint density at radius 1 is 1.44 bits per heavy atom. The first kappa shape index (κ1) is 11.9. The van der Waals surface area contributed by atoms with E-state index in [0.717, 1.165) is 16.5 Å². The van der Waals surface area contributed by atoms with Crippen LogP contribution < -0.4 is 0 Å². The van der Waals surface area contributed by atoms with Crippen LogP contribution in [0.15, 0.2) is 18.2 Å². The van der Waals surface area contributed by atoms with Crippen molar-refractivity contribution in [2.45, 2.75) is 39.2 Å². The van der Waals surface area contributed by atoms with Crippen LogP contribution in [0.25, 0.3) is 0 Å². The highest BCUT2D eigenvalue weighted by molar-refractivity contribution is 6.31. The lowest BCUT2D eigenvalue weighted by Gasteiger charge is -2.19. The van der Waals surface area contributed by atoms with Crippen LogP contribution >= 0.6 is 11.6 Å². The third kappa shape index (κ3) is 2.78. The van der Waals surface area contributed by atoms with Gasteiger partial charge in [-0.15, -0.1) is 0 Å². The molecule has 0 aromatic heterocycles. The molecule has 1 aliphatic rings. The Labute approximate surface area is 102 Å². The van der Waals surface area contributed by atoms with Crippen LogP contribution in [0.4, 0.5) is 0 Å². The molecule has 1 aromatic rings. The normalized spacial score (nSPS) is 19.5. The summed E-state index contributed by atoms with van der Waals surface area (Å²) in [6, 6.07) is 6.04. The average molecular weight is 239 g/mol. The maximum absolute atomic E-state index is 10.1. The van der Waals surface area contributed by atoms with Crippen LogP contribution in [-0.2, 0) is 6.42 Å². The zero-order valence-corrected chi connectivity index (χ0v) is 10.7. The van der Waals surface area contributed by atoms with E-state index in [1.54, 1.807) is 0 Å². The molecule has 2 unspecified atom stereocenters. The zero-order chi connectivity index (χ0) is 11.7. The van der Waals surface area contributed by atoms with Crippen molar-refractivity contribution in [3.8, 4) is 0 Å². The van der Waals surface area contributed by atoms with Gasteiger partial charge in [-0.2, -0.15) is 0 Å². The monoisotopic (exact) mass is 238 g/mol. The Bertz CT molecular complexity index is 371. The maximum Gasteiger partial charge on any atom is 0.0609 e. The van der Waals surface area contributed by atoms with Gasteiger partial charge in [0.25, 0.3) is 0 Å². The second-order valence-corrected chi connectivity index (χ2v) is 5.47. The van der Waals surface area contributed by atoms with Crippen molar-refractivity contribution >= 4 is 11.6 Å². The molecule has 1 saturated carbocycles. The summed E-state index contributed by atoms with van der Waals surface area (Å²) in [6.07, 6.45) is 2.98. The first-order valence-electron chi connectivity index (χ1n) is 6.01. The van der Waals surface area contributed by atoms with Crippen LogP contribution in [0, 0.1) is 18.8 Å². The standard InChI is InChI=1S/C14H19ClO/c1-9-3-4-12(13(15)7-9)8-14(16)10(2)11-5-6-11/h3-4,7,10-11,14,16H,5-6,8H2,1-2H3. The fraction of sp³-hybridized carbons (Fsp3) is 0.571. The molecule has 1 nitrogen and oxygen atoms in total. The Morgan fingerprint density at radius 2 is 2.12 bits per heavy atom. The quantitative estimate of drug-likeness (QED) is 0.850. The molecular formula is C14H19ClO. The molecule has 0 bridgehead atoms. The molecule has 0 saturated heterocycles. The van der Waals surface area contributed by atoms with Gasteiger partial charge in [0.15, 0.2) is 0 Å². The summed E-state index contributed by atoms with van der Waals surface area (Å²) >= 11 is 6.16. The van der Waals surface area contributed by atoms with E-state index in [4.69, 9.17) is 11.6 Å². The Kier molecular flexibility index (Phi) is 3.56. The van der Waals surface area contributed by atoms with Gasteiger partial charge in [0.05, 0.1) is 6.10 Å². The van der Waals surface area contributed by atoms with Crippen LogP contribution in [-0.4, -0.2) is 11.2 Å². The van der Waals surface area contributed by atoms with E-state index in [9.17, 15) is 5.11 Å². The molecule has 1 fully saturated rings. The van der Waals surface area contributed by atoms with Crippen molar-refractivity contribution in [3.05, 3.63) is 34.3 Å². The third-order valence-corrected chi connectivity index (χ3v) is 3.96. The Morgan fingerprint density at radius 3 is 2.69 bits per heavy atom. The lowest BCUT2D eigenvalue weighted by Crippen LogP contribution is -2.22. The van der Waals surface area contributed by atoms with E-state index in [-0.39, 0.29) is 6.10 Å². The number of hydrogen-bond donors (Lipinski definition) is 1. The van der Waals surface area contributed by atoms with E-state index in [0.29, 0.717) is 12.3 Å². The highest BCUT2D eigenvalue weighted by atomic mass is 35.5. The molecule has 0 amide bonds. The number of halogens is 1. The van der Waals surface area contributed by atoms with Crippen molar-refractivity contribution in [1.82, 2.24) is 0 Å². The van der Waals surface area contributed by atoms with Gasteiger partial charge in [0, 0.05) is 11.4 Å². The van der Waals surface area contributed by atoms with Crippen molar-refractivity contribution in [1.29, 1.82) is 0 Å². The molecule has 88 valence electrons. The van der Waals surface area contributed by atoms with Crippen LogP contribution in [0.5, 0.6) is 0 Å². The van der Waals surface area contributed by atoms with Gasteiger partial charge in [-0.05, 0) is 48.8 Å². The van der Waals surface area contributed by atoms with Crippen molar-refractivity contribution < 1.29 is 5.11 Å². The van der Waals surface area contributed by atoms with Gasteiger partial charge < -0.3 is 5.11 Å². The van der Waals surface area contributed by atoms with Crippen molar-refractivity contribution in [2.24, 2.45) is 11.8 Å². The summed E-state index contributed by atoms with van der Waals surface area (Å²) in [5.41, 5.74) is 2.23. The Balaban J connectivity index is 2.02. The predicted octanol–water partition coefficient (Wildman–Crippen LogP) is 3.60. The second-order valence-electron chi connectivity index (χ2n) is 5.06. The molecule has 2 rings (SSSR count). The van der Waals surface area contributed by atoms with Crippen LogP contribution in [0.1, 0.15) is 30.9 Å². The summed E-state index contributed by atoms with van der Waals surface area (Å²) in [7, 11) is 0. The number of aliphatic hydroxyl groups is 1. The second kappa shape index (κ2) is 4.77. The fourth-order valence-electron chi connectivity index (χ4n) is 2.17. The largest absolute Gasteiger partial charge is 0.392 e. The molecule has 2 atom stereocenters. The smallest absolute Gasteiger partial charge is 0.0609 e. The third-order valence-electron chi connectivity index (χ3n) is 3.61. The van der Waals surface area contributed by atoms with Gasteiger partial charge >= 0.3 is 0 Å². The van der Waals surface area contributed by atoms with Crippen molar-refractivity contribution in [2.75, 3.05) is 0 Å². The molecular weight excluding hydrogens is 220 g/mol. The minimum Gasteiger partial charge on any atom is -0.392 e. The first-order chi connectivity index (χ1) is 7.58. The number of aliphatic hydroxyl groups excluding tert-OH is 1. The first-order valence-corrected chi connectivity index (χ1v) is 6.39. The zero-order valence-electron chi connectivity index (χ0n) is 9.91. The summed E-state index contributed by atoms with van der Waals surface area (Å²) in [6.45, 7) is 4.17. The van der Waals surface area contributed by atoms with E-state index >= 15 is 0 Å². The molecule has 0 heterocycles. The van der Waals surface area contributed by atoms with Gasteiger partial charge in [-0.3, -0.25) is 0 Å². The molecule has 0 spiro atoms. The van der Waals surface area contributed by atoms with E-state index in [1.165, 1.54) is 18.4 Å². The number of aryl methyl sites for hydroxylation is 1. The molecule has 2 heteroatoms. The van der Waals surface area contributed by atoms with E-state index < -0.39 is 0 Å². The molecule has 1 aromatic carbocycles. The summed E-state index contributed by atoms with van der Waals surface area (Å²) in [5.74, 6) is 1.14. The van der Waals surface area contributed by atoms with Gasteiger partial charge in [0.1, 0.15) is 0 Å². The Hall–Kier alpha value is -0.530. The molecule has 0 aliphatic heterocycles. The molecule has 0 radical (unpaired) electrons. The average Bonchev–Trinajstić information content (AvgIpc) is 3.04. The lowest BCUT2D eigenvalue weighted by molar-refractivity contribution is 0.105.